The molecule has 0 N–H and O–H groups in total. The first-order valence-corrected chi connectivity index (χ1v) is 8.32. The van der Waals surface area contributed by atoms with Gasteiger partial charge in [-0.05, 0) is 17.7 Å². The lowest BCUT2D eigenvalue weighted by Gasteiger charge is -2.18. The van der Waals surface area contributed by atoms with Gasteiger partial charge in [0.05, 0.1) is 16.0 Å². The Morgan fingerprint density at radius 2 is 1.78 bits per heavy atom. The van der Waals surface area contributed by atoms with E-state index in [-0.39, 0.29) is 17.3 Å². The Morgan fingerprint density at radius 1 is 1.04 bits per heavy atom. The van der Waals surface area contributed by atoms with Crippen LogP contribution in [0.4, 0.5) is 11.5 Å². The van der Waals surface area contributed by atoms with Crippen LogP contribution >= 0.6 is 0 Å². The summed E-state index contributed by atoms with van der Waals surface area (Å²) in [5, 5.41) is 11.9. The number of aromatic nitrogens is 4. The number of rotatable bonds is 5. The van der Waals surface area contributed by atoms with Crippen molar-refractivity contribution in [1.29, 1.82) is 0 Å². The average Bonchev–Trinajstić information content (AvgIpc) is 3.12. The molecule has 0 bridgehead atoms. The molecule has 0 unspecified atom stereocenters. The number of para-hydroxylation sites is 2. The van der Waals surface area contributed by atoms with Crippen LogP contribution in [0.25, 0.3) is 16.9 Å². The molecule has 4 aromatic rings. The molecule has 0 aliphatic heterocycles. The predicted octanol–water partition coefficient (Wildman–Crippen LogP) is 3.36. The molecular weight excluding hydrogens is 344 g/mol. The zero-order chi connectivity index (χ0) is 18.8. The van der Waals surface area contributed by atoms with Crippen molar-refractivity contribution in [1.82, 2.24) is 19.5 Å². The first-order valence-electron chi connectivity index (χ1n) is 8.32. The van der Waals surface area contributed by atoms with Gasteiger partial charge in [-0.25, -0.2) is 15.0 Å². The second-order valence-corrected chi connectivity index (χ2v) is 6.07. The van der Waals surface area contributed by atoms with E-state index in [4.69, 9.17) is 0 Å². The monoisotopic (exact) mass is 360 g/mol. The largest absolute Gasteiger partial charge is 0.354 e. The van der Waals surface area contributed by atoms with Crippen LogP contribution in [0.3, 0.4) is 0 Å². The fraction of sp³-hybridized carbons (Fsp3) is 0.105. The van der Waals surface area contributed by atoms with Gasteiger partial charge in [-0.15, -0.1) is 0 Å². The van der Waals surface area contributed by atoms with Crippen molar-refractivity contribution < 1.29 is 4.92 Å². The second-order valence-electron chi connectivity index (χ2n) is 6.07. The quantitative estimate of drug-likeness (QED) is 0.400. The minimum Gasteiger partial charge on any atom is -0.349 e. The smallest absolute Gasteiger partial charge is 0.349 e. The van der Waals surface area contributed by atoms with Gasteiger partial charge in [0.2, 0.25) is 11.6 Å². The summed E-state index contributed by atoms with van der Waals surface area (Å²) in [6.45, 7) is 0.489. The van der Waals surface area contributed by atoms with E-state index in [0.717, 1.165) is 16.6 Å². The van der Waals surface area contributed by atoms with Crippen molar-refractivity contribution in [3.05, 3.63) is 82.9 Å². The normalized spacial score (nSPS) is 10.9. The predicted molar refractivity (Wildman–Crippen MR) is 102 cm³/mol. The zero-order valence-electron chi connectivity index (χ0n) is 14.6. The van der Waals surface area contributed by atoms with Crippen LogP contribution in [0.2, 0.25) is 0 Å². The highest BCUT2D eigenvalue weighted by Crippen LogP contribution is 2.32. The maximum Gasteiger partial charge on any atom is 0.354 e. The van der Waals surface area contributed by atoms with Gasteiger partial charge in [-0.2, -0.15) is 0 Å². The third kappa shape index (κ3) is 3.08. The van der Waals surface area contributed by atoms with E-state index in [1.165, 1.54) is 6.33 Å². The highest BCUT2D eigenvalue weighted by molar-refractivity contribution is 5.79. The molecule has 134 valence electrons. The highest BCUT2D eigenvalue weighted by atomic mass is 16.6. The lowest BCUT2D eigenvalue weighted by molar-refractivity contribution is -0.384. The summed E-state index contributed by atoms with van der Waals surface area (Å²) in [7, 11) is 1.78. The number of hydrogen-bond acceptors (Lipinski definition) is 6. The van der Waals surface area contributed by atoms with Crippen molar-refractivity contribution >= 4 is 22.5 Å². The maximum absolute atomic E-state index is 11.9. The van der Waals surface area contributed by atoms with Crippen molar-refractivity contribution in [2.24, 2.45) is 0 Å². The number of fused-ring (bicyclic) bond motifs is 1. The molecule has 2 aromatic carbocycles. The van der Waals surface area contributed by atoms with Crippen LogP contribution < -0.4 is 4.90 Å². The molecule has 0 saturated heterocycles. The number of hydrogen-bond donors (Lipinski definition) is 0. The molecule has 2 heterocycles. The first kappa shape index (κ1) is 16.6. The summed E-state index contributed by atoms with van der Waals surface area (Å²) in [4.78, 5) is 25.9. The van der Waals surface area contributed by atoms with Crippen LogP contribution in [0.1, 0.15) is 5.56 Å². The molecule has 8 nitrogen and oxygen atoms in total. The summed E-state index contributed by atoms with van der Waals surface area (Å²) < 4.78 is 1.62. The van der Waals surface area contributed by atoms with Gasteiger partial charge in [-0.1, -0.05) is 42.5 Å². The number of imidazole rings is 1. The van der Waals surface area contributed by atoms with E-state index in [1.54, 1.807) is 22.8 Å². The van der Waals surface area contributed by atoms with E-state index in [1.807, 2.05) is 54.6 Å². The van der Waals surface area contributed by atoms with E-state index in [2.05, 4.69) is 15.0 Å². The van der Waals surface area contributed by atoms with Crippen LogP contribution in [0.15, 0.2) is 67.3 Å². The van der Waals surface area contributed by atoms with E-state index in [0.29, 0.717) is 6.54 Å². The molecule has 0 spiro atoms. The van der Waals surface area contributed by atoms with E-state index >= 15 is 0 Å². The minimum atomic E-state index is -0.444. The molecule has 8 heteroatoms. The second kappa shape index (κ2) is 6.83. The molecule has 0 aliphatic carbocycles. The molecule has 0 fully saturated rings. The minimum absolute atomic E-state index is 0.154. The molecule has 0 aliphatic rings. The third-order valence-electron chi connectivity index (χ3n) is 4.27. The Morgan fingerprint density at radius 3 is 2.56 bits per heavy atom. The Bertz CT molecular complexity index is 1110. The van der Waals surface area contributed by atoms with Gasteiger partial charge in [0.1, 0.15) is 12.7 Å². The van der Waals surface area contributed by atoms with Gasteiger partial charge < -0.3 is 4.90 Å². The Hall–Kier alpha value is -3.81. The highest BCUT2D eigenvalue weighted by Gasteiger charge is 2.27. The van der Waals surface area contributed by atoms with Gasteiger partial charge >= 0.3 is 5.69 Å². The van der Waals surface area contributed by atoms with Gasteiger partial charge in [0, 0.05) is 13.6 Å². The number of benzene rings is 2. The average molecular weight is 360 g/mol. The van der Waals surface area contributed by atoms with Crippen molar-refractivity contribution in [3.8, 4) is 5.82 Å². The Balaban J connectivity index is 1.82. The summed E-state index contributed by atoms with van der Waals surface area (Å²) in [6, 6.07) is 17.1. The topological polar surface area (TPSA) is 90.0 Å². The van der Waals surface area contributed by atoms with Crippen LogP contribution in [0.5, 0.6) is 0 Å². The molecule has 0 amide bonds. The summed E-state index contributed by atoms with van der Waals surface area (Å²) in [6.07, 6.45) is 2.88. The van der Waals surface area contributed by atoms with Crippen molar-refractivity contribution in [2.75, 3.05) is 11.9 Å². The maximum atomic E-state index is 11.9. The summed E-state index contributed by atoms with van der Waals surface area (Å²) in [5.74, 6) is 0.449. The van der Waals surface area contributed by atoms with Crippen LogP contribution in [-0.4, -0.2) is 31.5 Å². The Labute approximate surface area is 154 Å². The molecular formula is C19H16N6O2. The summed E-state index contributed by atoms with van der Waals surface area (Å²) in [5.41, 5.74) is 2.36. The fourth-order valence-corrected chi connectivity index (χ4v) is 3.04. The molecule has 0 saturated carbocycles. The molecule has 0 radical (unpaired) electrons. The fourth-order valence-electron chi connectivity index (χ4n) is 3.04. The molecule has 27 heavy (non-hydrogen) atoms. The van der Waals surface area contributed by atoms with Gasteiger partial charge in [0.15, 0.2) is 0 Å². The summed E-state index contributed by atoms with van der Waals surface area (Å²) >= 11 is 0. The molecule has 4 rings (SSSR count). The Kier molecular flexibility index (Phi) is 4.21. The third-order valence-corrected chi connectivity index (χ3v) is 4.27. The first-order chi connectivity index (χ1) is 13.1. The van der Waals surface area contributed by atoms with E-state index < -0.39 is 4.92 Å². The van der Waals surface area contributed by atoms with E-state index in [9.17, 15) is 10.1 Å². The number of nitro groups is 1. The lowest BCUT2D eigenvalue weighted by Crippen LogP contribution is -2.20. The molecule has 0 atom stereocenters. The molecule has 2 aromatic heterocycles. The zero-order valence-corrected chi connectivity index (χ0v) is 14.6. The van der Waals surface area contributed by atoms with Crippen LogP contribution in [-0.2, 0) is 6.54 Å². The number of anilines is 1. The van der Waals surface area contributed by atoms with Gasteiger partial charge in [0.25, 0.3) is 0 Å². The van der Waals surface area contributed by atoms with Crippen molar-refractivity contribution in [2.45, 2.75) is 6.54 Å². The SMILES string of the molecule is CN(Cc1ccccc1)c1ncnc(-n2cnc3ccccc32)c1[N+](=O)[O-]. The lowest BCUT2D eigenvalue weighted by atomic mass is 10.2. The number of nitrogens with zero attached hydrogens (tertiary/aromatic N) is 6. The van der Waals surface area contributed by atoms with Crippen molar-refractivity contribution in [3.63, 3.8) is 0 Å². The van der Waals surface area contributed by atoms with Crippen LogP contribution in [0, 0.1) is 10.1 Å². The standard InChI is InChI=1S/C19H16N6O2/c1-23(11-14-7-3-2-4-8-14)18-17(25(26)27)19(21-12-20-18)24-13-22-15-9-5-6-10-16(15)24/h2-10,12-13H,11H2,1H3. The van der Waals surface area contributed by atoms with Gasteiger partial charge in [-0.3, -0.25) is 14.7 Å².